The van der Waals surface area contributed by atoms with Gasteiger partial charge in [-0.1, -0.05) is 35.9 Å². The Morgan fingerprint density at radius 3 is 2.80 bits per heavy atom. The Bertz CT molecular complexity index is 1150. The van der Waals surface area contributed by atoms with Crippen LogP contribution < -0.4 is 10.9 Å². The van der Waals surface area contributed by atoms with E-state index in [0.29, 0.717) is 28.3 Å². The molecule has 0 aliphatic rings. The van der Waals surface area contributed by atoms with Crippen LogP contribution >= 0.6 is 11.6 Å². The second kappa shape index (κ2) is 6.22. The van der Waals surface area contributed by atoms with Gasteiger partial charge in [0.15, 0.2) is 0 Å². The van der Waals surface area contributed by atoms with E-state index in [1.807, 2.05) is 48.5 Å². The number of anilines is 1. The predicted octanol–water partition coefficient (Wildman–Crippen LogP) is 4.65. The molecule has 4 aromatic rings. The van der Waals surface area contributed by atoms with E-state index in [1.165, 1.54) is 0 Å². The van der Waals surface area contributed by atoms with Crippen molar-refractivity contribution >= 4 is 39.0 Å². The molecule has 0 aliphatic heterocycles. The Balaban J connectivity index is 1.76. The molecular weight excluding hydrogens is 334 g/mol. The summed E-state index contributed by atoms with van der Waals surface area (Å²) in [4.78, 5) is 19.6. The molecule has 0 unspecified atom stereocenters. The van der Waals surface area contributed by atoms with Gasteiger partial charge in [-0.15, -0.1) is 0 Å². The number of fused-ring (bicyclic) bond motifs is 3. The zero-order chi connectivity index (χ0) is 17.4. The number of hydrogen-bond acceptors (Lipinski definition) is 3. The largest absolute Gasteiger partial charge is 0.381 e. The molecule has 0 spiro atoms. The molecule has 124 valence electrons. The molecule has 5 heteroatoms. The van der Waals surface area contributed by atoms with Crippen molar-refractivity contribution in [1.82, 2.24) is 9.97 Å². The number of nitrogens with zero attached hydrogens (tertiary/aromatic N) is 1. The van der Waals surface area contributed by atoms with Crippen LogP contribution in [0.25, 0.3) is 21.7 Å². The van der Waals surface area contributed by atoms with Crippen molar-refractivity contribution in [3.05, 3.63) is 81.4 Å². The van der Waals surface area contributed by atoms with Gasteiger partial charge in [0.05, 0.1) is 10.9 Å². The summed E-state index contributed by atoms with van der Waals surface area (Å²) in [5.74, 6) is 0.621. The van der Waals surface area contributed by atoms with Gasteiger partial charge in [-0.3, -0.25) is 4.79 Å². The van der Waals surface area contributed by atoms with Crippen molar-refractivity contribution in [2.45, 2.75) is 13.5 Å². The topological polar surface area (TPSA) is 57.8 Å². The van der Waals surface area contributed by atoms with Gasteiger partial charge < -0.3 is 10.3 Å². The highest BCUT2D eigenvalue weighted by atomic mass is 35.5. The molecule has 0 radical (unpaired) electrons. The number of nitrogens with one attached hydrogen (secondary N) is 2. The summed E-state index contributed by atoms with van der Waals surface area (Å²) in [5, 5.41) is 6.62. The van der Waals surface area contributed by atoms with Crippen molar-refractivity contribution in [3.63, 3.8) is 0 Å². The van der Waals surface area contributed by atoms with Crippen molar-refractivity contribution in [1.29, 1.82) is 0 Å². The molecule has 0 atom stereocenters. The maximum Gasteiger partial charge on any atom is 0.259 e. The minimum absolute atomic E-state index is 0.104. The van der Waals surface area contributed by atoms with Gasteiger partial charge in [-0.05, 0) is 53.6 Å². The predicted molar refractivity (Wildman–Crippen MR) is 103 cm³/mol. The molecule has 1 heterocycles. The average molecular weight is 350 g/mol. The van der Waals surface area contributed by atoms with E-state index in [0.717, 1.165) is 22.0 Å². The van der Waals surface area contributed by atoms with Crippen LogP contribution in [-0.4, -0.2) is 9.97 Å². The monoisotopic (exact) mass is 349 g/mol. The molecule has 1 aromatic heterocycles. The fraction of sp³-hybridized carbons (Fsp3) is 0.100. The summed E-state index contributed by atoms with van der Waals surface area (Å²) in [6.45, 7) is 2.43. The number of rotatable bonds is 3. The van der Waals surface area contributed by atoms with Crippen LogP contribution in [0.3, 0.4) is 0 Å². The third-order valence-corrected chi connectivity index (χ3v) is 4.43. The Labute approximate surface area is 149 Å². The zero-order valence-electron chi connectivity index (χ0n) is 13.6. The fourth-order valence-electron chi connectivity index (χ4n) is 3.04. The highest BCUT2D eigenvalue weighted by molar-refractivity contribution is 6.30. The lowest BCUT2D eigenvalue weighted by Gasteiger charge is -2.09. The lowest BCUT2D eigenvalue weighted by molar-refractivity contribution is 1.06. The summed E-state index contributed by atoms with van der Waals surface area (Å²) in [6, 6.07) is 17.6. The second-order valence-electron chi connectivity index (χ2n) is 6.03. The summed E-state index contributed by atoms with van der Waals surface area (Å²) in [5.41, 5.74) is 2.65. The highest BCUT2D eigenvalue weighted by Gasteiger charge is 2.07. The summed E-state index contributed by atoms with van der Waals surface area (Å²) in [7, 11) is 0. The normalized spacial score (nSPS) is 11.1. The minimum Gasteiger partial charge on any atom is -0.381 e. The first-order chi connectivity index (χ1) is 12.1. The average Bonchev–Trinajstić information content (AvgIpc) is 2.59. The maximum atomic E-state index is 12.4. The number of aryl methyl sites for hydroxylation is 1. The number of aromatic amines is 1. The SMILES string of the molecule is Cc1nc2ccc3ccc(CNc4cccc(Cl)c4)cc3c2c(=O)[nH]1. The van der Waals surface area contributed by atoms with Crippen LogP contribution in [0.4, 0.5) is 5.69 Å². The summed E-state index contributed by atoms with van der Waals surface area (Å²) >= 11 is 6.02. The van der Waals surface area contributed by atoms with Crippen LogP contribution in [0.2, 0.25) is 5.02 Å². The molecule has 4 rings (SSSR count). The van der Waals surface area contributed by atoms with Crippen molar-refractivity contribution in [2.75, 3.05) is 5.32 Å². The first-order valence-electron chi connectivity index (χ1n) is 8.02. The van der Waals surface area contributed by atoms with Gasteiger partial charge in [-0.2, -0.15) is 0 Å². The van der Waals surface area contributed by atoms with E-state index in [4.69, 9.17) is 11.6 Å². The van der Waals surface area contributed by atoms with Gasteiger partial charge in [0.1, 0.15) is 5.82 Å². The molecule has 25 heavy (non-hydrogen) atoms. The van der Waals surface area contributed by atoms with E-state index < -0.39 is 0 Å². The van der Waals surface area contributed by atoms with Gasteiger partial charge >= 0.3 is 0 Å². The van der Waals surface area contributed by atoms with Crippen LogP contribution in [-0.2, 0) is 6.54 Å². The van der Waals surface area contributed by atoms with Crippen molar-refractivity contribution in [3.8, 4) is 0 Å². The third kappa shape index (κ3) is 3.08. The Morgan fingerprint density at radius 2 is 1.96 bits per heavy atom. The van der Waals surface area contributed by atoms with E-state index in [2.05, 4.69) is 21.4 Å². The molecule has 0 saturated heterocycles. The van der Waals surface area contributed by atoms with Crippen LogP contribution in [0.5, 0.6) is 0 Å². The Morgan fingerprint density at radius 1 is 1.12 bits per heavy atom. The minimum atomic E-state index is -0.104. The molecule has 0 fully saturated rings. The first-order valence-corrected chi connectivity index (χ1v) is 8.40. The van der Waals surface area contributed by atoms with E-state index >= 15 is 0 Å². The number of aromatic nitrogens is 2. The maximum absolute atomic E-state index is 12.4. The molecule has 0 amide bonds. The molecular formula is C20H16ClN3O. The van der Waals surface area contributed by atoms with Gasteiger partial charge in [-0.25, -0.2) is 4.98 Å². The number of halogens is 1. The van der Waals surface area contributed by atoms with Gasteiger partial charge in [0.25, 0.3) is 5.56 Å². The molecule has 2 N–H and O–H groups in total. The van der Waals surface area contributed by atoms with E-state index in [-0.39, 0.29) is 5.56 Å². The lowest BCUT2D eigenvalue weighted by Crippen LogP contribution is -2.10. The molecule has 0 bridgehead atoms. The molecule has 3 aromatic carbocycles. The van der Waals surface area contributed by atoms with Crippen LogP contribution in [0.15, 0.2) is 59.4 Å². The number of hydrogen-bond donors (Lipinski definition) is 2. The second-order valence-corrected chi connectivity index (χ2v) is 6.47. The molecule has 0 aliphatic carbocycles. The summed E-state index contributed by atoms with van der Waals surface area (Å²) < 4.78 is 0. The quantitative estimate of drug-likeness (QED) is 0.529. The third-order valence-electron chi connectivity index (χ3n) is 4.19. The Kier molecular flexibility index (Phi) is 3.90. The first kappa shape index (κ1) is 15.7. The van der Waals surface area contributed by atoms with Gasteiger partial charge in [0, 0.05) is 17.3 Å². The lowest BCUT2D eigenvalue weighted by atomic mass is 10.0. The van der Waals surface area contributed by atoms with Crippen molar-refractivity contribution in [2.24, 2.45) is 0 Å². The molecule has 4 nitrogen and oxygen atoms in total. The fourth-order valence-corrected chi connectivity index (χ4v) is 3.23. The van der Waals surface area contributed by atoms with E-state index in [9.17, 15) is 4.79 Å². The van der Waals surface area contributed by atoms with Crippen molar-refractivity contribution < 1.29 is 0 Å². The van der Waals surface area contributed by atoms with Crippen LogP contribution in [0.1, 0.15) is 11.4 Å². The van der Waals surface area contributed by atoms with E-state index in [1.54, 1.807) is 6.92 Å². The number of benzene rings is 3. The molecule has 0 saturated carbocycles. The smallest absolute Gasteiger partial charge is 0.259 e. The Hall–Kier alpha value is -2.85. The standard InChI is InChI=1S/C20H16ClN3O/c1-12-23-18-8-7-14-6-5-13(9-17(14)19(18)20(25)24-12)11-22-16-4-2-3-15(21)10-16/h2-10,22H,11H2,1H3,(H,23,24,25). The summed E-state index contributed by atoms with van der Waals surface area (Å²) in [6.07, 6.45) is 0. The number of H-pyrrole nitrogens is 1. The van der Waals surface area contributed by atoms with Crippen LogP contribution in [0, 0.1) is 6.92 Å². The zero-order valence-corrected chi connectivity index (χ0v) is 14.4. The highest BCUT2D eigenvalue weighted by Crippen LogP contribution is 2.24. The van der Waals surface area contributed by atoms with Gasteiger partial charge in [0.2, 0.25) is 0 Å².